The summed E-state index contributed by atoms with van der Waals surface area (Å²) in [6.07, 6.45) is 5.23. The molecule has 1 N–H and O–H groups in total. The van der Waals surface area contributed by atoms with Crippen molar-refractivity contribution < 1.29 is 4.74 Å². The van der Waals surface area contributed by atoms with Gasteiger partial charge in [0.05, 0.1) is 5.69 Å². The fourth-order valence-corrected chi connectivity index (χ4v) is 3.19. The number of hydrogen-bond donors (Lipinski definition) is 1. The van der Waals surface area contributed by atoms with E-state index in [1.54, 1.807) is 4.68 Å². The number of nitrogens with one attached hydrogen (secondary N) is 1. The molecule has 0 bridgehead atoms. The van der Waals surface area contributed by atoms with Gasteiger partial charge in [-0.3, -0.25) is 0 Å². The molecule has 0 atom stereocenters. The molecule has 0 radical (unpaired) electrons. The van der Waals surface area contributed by atoms with Crippen LogP contribution in [0.25, 0.3) is 5.69 Å². The van der Waals surface area contributed by atoms with Crippen LogP contribution in [0.1, 0.15) is 31.2 Å². The number of rotatable bonds is 6. The highest BCUT2D eigenvalue weighted by molar-refractivity contribution is 5.85. The summed E-state index contributed by atoms with van der Waals surface area (Å²) in [7, 11) is 0. The summed E-state index contributed by atoms with van der Waals surface area (Å²) in [5.74, 6) is 0.734. The molecule has 3 aromatic rings. The first-order valence-electron chi connectivity index (χ1n) is 8.72. The number of benzene rings is 2. The fraction of sp³-hybridized carbons (Fsp3) is 0.316. The molecular weight excluding hydrogens is 350 g/mol. The SMILES string of the molecule is Cl.c1ccc(-n2nnnc2Oc2cccc(CNC3CCCC3)c2)cc1. The van der Waals surface area contributed by atoms with Gasteiger partial charge in [0.1, 0.15) is 5.75 Å². The van der Waals surface area contributed by atoms with E-state index in [0.29, 0.717) is 12.1 Å². The summed E-state index contributed by atoms with van der Waals surface area (Å²) in [6, 6.07) is 18.8. The van der Waals surface area contributed by atoms with Crippen molar-refractivity contribution in [2.24, 2.45) is 0 Å². The van der Waals surface area contributed by atoms with Crippen LogP contribution in [0.2, 0.25) is 0 Å². The molecule has 1 saturated carbocycles. The van der Waals surface area contributed by atoms with Gasteiger partial charge in [-0.05, 0) is 53.1 Å². The maximum atomic E-state index is 5.92. The maximum Gasteiger partial charge on any atom is 0.345 e. The third-order valence-electron chi connectivity index (χ3n) is 4.50. The predicted molar refractivity (Wildman–Crippen MR) is 102 cm³/mol. The van der Waals surface area contributed by atoms with Crippen molar-refractivity contribution in [3.63, 3.8) is 0 Å². The fourth-order valence-electron chi connectivity index (χ4n) is 3.19. The van der Waals surface area contributed by atoms with Gasteiger partial charge in [0, 0.05) is 12.6 Å². The number of tetrazole rings is 1. The quantitative estimate of drug-likeness (QED) is 0.711. The lowest BCUT2D eigenvalue weighted by molar-refractivity contribution is 0.426. The van der Waals surface area contributed by atoms with Crippen LogP contribution in [0.15, 0.2) is 54.6 Å². The third kappa shape index (κ3) is 4.39. The van der Waals surface area contributed by atoms with Gasteiger partial charge in [-0.25, -0.2) is 0 Å². The standard InChI is InChI=1S/C19H21N5O.ClH/c1-2-10-17(11-3-1)24-19(21-22-23-24)25-18-12-6-7-15(13-18)14-20-16-8-4-5-9-16;/h1-3,6-7,10-13,16,20H,4-5,8-9,14H2;1H. The summed E-state index contributed by atoms with van der Waals surface area (Å²) in [5.41, 5.74) is 2.06. The first-order chi connectivity index (χ1) is 12.4. The molecule has 6 nitrogen and oxygen atoms in total. The average Bonchev–Trinajstić information content (AvgIpc) is 3.33. The highest BCUT2D eigenvalue weighted by Crippen LogP contribution is 2.23. The maximum absolute atomic E-state index is 5.92. The lowest BCUT2D eigenvalue weighted by atomic mass is 10.2. The smallest absolute Gasteiger partial charge is 0.345 e. The Morgan fingerprint density at radius 1 is 1.04 bits per heavy atom. The van der Waals surface area contributed by atoms with Crippen molar-refractivity contribution in [2.45, 2.75) is 38.3 Å². The molecule has 2 aromatic carbocycles. The van der Waals surface area contributed by atoms with E-state index in [4.69, 9.17) is 4.74 Å². The van der Waals surface area contributed by atoms with Crippen molar-refractivity contribution in [3.05, 3.63) is 60.2 Å². The number of hydrogen-bond acceptors (Lipinski definition) is 5. The van der Waals surface area contributed by atoms with E-state index < -0.39 is 0 Å². The first-order valence-corrected chi connectivity index (χ1v) is 8.72. The summed E-state index contributed by atoms with van der Waals surface area (Å²) < 4.78 is 7.50. The van der Waals surface area contributed by atoms with E-state index >= 15 is 0 Å². The average molecular weight is 372 g/mol. The Labute approximate surface area is 159 Å². The van der Waals surface area contributed by atoms with Gasteiger partial charge in [0.2, 0.25) is 0 Å². The van der Waals surface area contributed by atoms with E-state index in [0.717, 1.165) is 18.0 Å². The molecule has 4 rings (SSSR count). The van der Waals surface area contributed by atoms with Crippen LogP contribution in [0.3, 0.4) is 0 Å². The molecule has 26 heavy (non-hydrogen) atoms. The molecule has 1 aliphatic rings. The number of aromatic nitrogens is 4. The van der Waals surface area contributed by atoms with E-state index in [1.807, 2.05) is 48.5 Å². The Bertz CT molecular complexity index is 818. The molecule has 0 amide bonds. The van der Waals surface area contributed by atoms with Crippen molar-refractivity contribution in [3.8, 4) is 17.4 Å². The summed E-state index contributed by atoms with van der Waals surface area (Å²) in [6.45, 7) is 0.853. The molecule has 1 aromatic heterocycles. The second kappa shape index (κ2) is 8.78. The van der Waals surface area contributed by atoms with Crippen molar-refractivity contribution in [1.82, 2.24) is 25.5 Å². The Morgan fingerprint density at radius 2 is 1.85 bits per heavy atom. The van der Waals surface area contributed by atoms with Gasteiger partial charge in [-0.1, -0.05) is 48.3 Å². The molecule has 0 saturated heterocycles. The van der Waals surface area contributed by atoms with E-state index in [2.05, 4.69) is 26.9 Å². The van der Waals surface area contributed by atoms with Gasteiger partial charge in [-0.2, -0.15) is 4.68 Å². The molecule has 7 heteroatoms. The van der Waals surface area contributed by atoms with Crippen molar-refractivity contribution >= 4 is 12.4 Å². The highest BCUT2D eigenvalue weighted by atomic mass is 35.5. The Morgan fingerprint density at radius 3 is 2.65 bits per heavy atom. The summed E-state index contributed by atoms with van der Waals surface area (Å²) in [4.78, 5) is 0. The molecule has 0 spiro atoms. The topological polar surface area (TPSA) is 64.9 Å². The first kappa shape index (κ1) is 18.4. The van der Waals surface area contributed by atoms with Crippen LogP contribution in [-0.2, 0) is 6.54 Å². The van der Waals surface area contributed by atoms with Crippen LogP contribution in [0, 0.1) is 0 Å². The normalized spacial score (nSPS) is 14.2. The van der Waals surface area contributed by atoms with Gasteiger partial charge >= 0.3 is 6.01 Å². The Balaban J connectivity index is 0.00000196. The van der Waals surface area contributed by atoms with Gasteiger partial charge in [-0.15, -0.1) is 12.4 Å². The zero-order chi connectivity index (χ0) is 16.9. The lowest BCUT2D eigenvalue weighted by Gasteiger charge is -2.12. The van der Waals surface area contributed by atoms with E-state index in [9.17, 15) is 0 Å². The van der Waals surface area contributed by atoms with Gasteiger partial charge in [0.25, 0.3) is 0 Å². The predicted octanol–water partition coefficient (Wildman–Crippen LogP) is 3.91. The minimum Gasteiger partial charge on any atom is -0.423 e. The van der Waals surface area contributed by atoms with Crippen LogP contribution < -0.4 is 10.1 Å². The molecule has 1 heterocycles. The number of halogens is 1. The second-order valence-corrected chi connectivity index (χ2v) is 6.32. The lowest BCUT2D eigenvalue weighted by Crippen LogP contribution is -2.25. The summed E-state index contributed by atoms with van der Waals surface area (Å²) >= 11 is 0. The largest absolute Gasteiger partial charge is 0.423 e. The minimum atomic E-state index is 0. The highest BCUT2D eigenvalue weighted by Gasteiger charge is 2.14. The van der Waals surface area contributed by atoms with Crippen LogP contribution in [0.5, 0.6) is 11.8 Å². The van der Waals surface area contributed by atoms with E-state index in [-0.39, 0.29) is 12.4 Å². The van der Waals surface area contributed by atoms with Gasteiger partial charge in [0.15, 0.2) is 0 Å². The van der Waals surface area contributed by atoms with Crippen molar-refractivity contribution in [2.75, 3.05) is 0 Å². The van der Waals surface area contributed by atoms with Crippen LogP contribution in [-0.4, -0.2) is 26.2 Å². The number of ether oxygens (including phenoxy) is 1. The molecule has 136 valence electrons. The second-order valence-electron chi connectivity index (χ2n) is 6.32. The van der Waals surface area contributed by atoms with Crippen LogP contribution >= 0.6 is 12.4 Å². The molecule has 0 unspecified atom stereocenters. The molecular formula is C19H22ClN5O. The Kier molecular flexibility index (Phi) is 6.20. The number of nitrogens with zero attached hydrogens (tertiary/aromatic N) is 4. The molecule has 1 aliphatic carbocycles. The minimum absolute atomic E-state index is 0. The molecule has 0 aliphatic heterocycles. The monoisotopic (exact) mass is 371 g/mol. The third-order valence-corrected chi connectivity index (χ3v) is 4.50. The van der Waals surface area contributed by atoms with Gasteiger partial charge < -0.3 is 10.1 Å². The van der Waals surface area contributed by atoms with Crippen molar-refractivity contribution in [1.29, 1.82) is 0 Å². The molecule has 1 fully saturated rings. The Hall–Kier alpha value is -2.44. The van der Waals surface area contributed by atoms with E-state index in [1.165, 1.54) is 31.2 Å². The summed E-state index contributed by atoms with van der Waals surface area (Å²) in [5, 5.41) is 15.4. The zero-order valence-corrected chi connectivity index (χ0v) is 15.2. The zero-order valence-electron chi connectivity index (χ0n) is 14.4. The van der Waals surface area contributed by atoms with Crippen LogP contribution in [0.4, 0.5) is 0 Å². The number of para-hydroxylation sites is 1.